The lowest BCUT2D eigenvalue weighted by molar-refractivity contribution is 0.277. The summed E-state index contributed by atoms with van der Waals surface area (Å²) in [7, 11) is -3.70. The van der Waals surface area contributed by atoms with Crippen LogP contribution in [0.2, 0.25) is 0 Å². The summed E-state index contributed by atoms with van der Waals surface area (Å²) in [5.74, 6) is 0.0504. The maximum Gasteiger partial charge on any atom is 0.246 e. The first-order chi connectivity index (χ1) is 10.7. The van der Waals surface area contributed by atoms with Gasteiger partial charge in [0.2, 0.25) is 16.0 Å². The quantitative estimate of drug-likeness (QED) is 0.906. The minimum atomic E-state index is -3.70. The fraction of sp³-hybridized carbons (Fsp3) is 0.375. The van der Waals surface area contributed by atoms with Crippen LogP contribution in [0.5, 0.6) is 0 Å². The highest BCUT2D eigenvalue weighted by Crippen LogP contribution is 2.23. The van der Waals surface area contributed by atoms with Crippen molar-refractivity contribution in [3.05, 3.63) is 48.3 Å². The molecule has 7 heteroatoms. The average molecular weight is 334 g/mol. The number of benzene rings is 1. The lowest BCUT2D eigenvalue weighted by atomic mass is 9.97. The summed E-state index contributed by atoms with van der Waals surface area (Å²) in [5.41, 5.74) is 6.18. The molecule has 0 atom stereocenters. The predicted octanol–water partition coefficient (Wildman–Crippen LogP) is 2.30. The topological polar surface area (TPSA) is 89.2 Å². The van der Waals surface area contributed by atoms with Crippen LogP contribution in [0.3, 0.4) is 0 Å². The van der Waals surface area contributed by atoms with Crippen molar-refractivity contribution >= 4 is 16.0 Å². The Hall–Kier alpha value is -1.99. The molecule has 2 N–H and O–H groups in total. The fourth-order valence-electron chi connectivity index (χ4n) is 2.15. The molecule has 1 aromatic carbocycles. The van der Waals surface area contributed by atoms with Gasteiger partial charge in [0.15, 0.2) is 0 Å². The molecule has 0 saturated heterocycles. The Morgan fingerprint density at radius 2 is 1.65 bits per heavy atom. The minimum absolute atomic E-state index is 0.0480. The summed E-state index contributed by atoms with van der Waals surface area (Å²) in [6.45, 7) is 6.68. The fourth-order valence-corrected chi connectivity index (χ4v) is 3.70. The van der Waals surface area contributed by atoms with Gasteiger partial charge in [0, 0.05) is 13.1 Å². The third kappa shape index (κ3) is 4.74. The molecule has 0 saturated carbocycles. The largest absolute Gasteiger partial charge is 0.368 e. The van der Waals surface area contributed by atoms with Crippen molar-refractivity contribution in [2.75, 3.05) is 12.3 Å². The number of aromatic nitrogens is 2. The van der Waals surface area contributed by atoms with Gasteiger partial charge in [-0.25, -0.2) is 18.4 Å². The number of nitrogens with zero attached hydrogens (tertiary/aromatic N) is 3. The third-order valence-corrected chi connectivity index (χ3v) is 4.88. The Morgan fingerprint density at radius 3 is 2.17 bits per heavy atom. The summed E-state index contributed by atoms with van der Waals surface area (Å²) in [4.78, 5) is 7.63. The van der Waals surface area contributed by atoms with Crippen molar-refractivity contribution in [2.24, 2.45) is 5.41 Å². The van der Waals surface area contributed by atoms with E-state index in [1.807, 2.05) is 51.1 Å². The lowest BCUT2D eigenvalue weighted by Crippen LogP contribution is -2.37. The molecule has 0 aliphatic heterocycles. The SMILES string of the molecule is CC(C)(C)CN(Cc1ccccc1)S(=O)(=O)c1cnc(N)nc1. The van der Waals surface area contributed by atoms with Crippen LogP contribution in [-0.2, 0) is 16.6 Å². The smallest absolute Gasteiger partial charge is 0.246 e. The van der Waals surface area contributed by atoms with E-state index >= 15 is 0 Å². The third-order valence-electron chi connectivity index (χ3n) is 3.14. The molecule has 0 unspecified atom stereocenters. The summed E-state index contributed by atoms with van der Waals surface area (Å²) >= 11 is 0. The monoisotopic (exact) mass is 334 g/mol. The van der Waals surface area contributed by atoms with Crippen LogP contribution in [0, 0.1) is 5.41 Å². The molecule has 0 amide bonds. The van der Waals surface area contributed by atoms with Crippen LogP contribution in [0.4, 0.5) is 5.95 Å². The Bertz CT molecular complexity index is 738. The highest BCUT2D eigenvalue weighted by molar-refractivity contribution is 7.89. The van der Waals surface area contributed by atoms with Crippen molar-refractivity contribution in [1.29, 1.82) is 0 Å². The molecule has 124 valence electrons. The van der Waals surface area contributed by atoms with Crippen LogP contribution in [-0.4, -0.2) is 29.2 Å². The van der Waals surface area contributed by atoms with Crippen molar-refractivity contribution in [3.8, 4) is 0 Å². The number of hydrogen-bond acceptors (Lipinski definition) is 5. The molecule has 23 heavy (non-hydrogen) atoms. The molecular weight excluding hydrogens is 312 g/mol. The van der Waals surface area contributed by atoms with Gasteiger partial charge in [0.25, 0.3) is 0 Å². The minimum Gasteiger partial charge on any atom is -0.368 e. The van der Waals surface area contributed by atoms with Crippen molar-refractivity contribution < 1.29 is 8.42 Å². The number of nitrogen functional groups attached to an aromatic ring is 1. The number of sulfonamides is 1. The summed E-state index contributed by atoms with van der Waals surface area (Å²) in [6.07, 6.45) is 2.50. The number of nitrogens with two attached hydrogens (primary N) is 1. The van der Waals surface area contributed by atoms with Gasteiger partial charge < -0.3 is 5.73 Å². The van der Waals surface area contributed by atoms with E-state index in [9.17, 15) is 8.42 Å². The Labute approximate surface area is 137 Å². The van der Waals surface area contributed by atoms with Crippen molar-refractivity contribution in [1.82, 2.24) is 14.3 Å². The second kappa shape index (κ2) is 6.64. The molecule has 0 radical (unpaired) electrons. The molecule has 0 aliphatic rings. The lowest BCUT2D eigenvalue weighted by Gasteiger charge is -2.29. The first-order valence-corrected chi connectivity index (χ1v) is 8.74. The number of rotatable bonds is 5. The molecule has 6 nitrogen and oxygen atoms in total. The van der Waals surface area contributed by atoms with Crippen LogP contribution in [0.1, 0.15) is 26.3 Å². The van der Waals surface area contributed by atoms with Gasteiger partial charge in [-0.15, -0.1) is 0 Å². The molecular formula is C16H22N4O2S. The molecule has 0 aliphatic carbocycles. The molecule has 2 rings (SSSR count). The standard InChI is InChI=1S/C16H22N4O2S/c1-16(2,3)12-20(11-13-7-5-4-6-8-13)23(21,22)14-9-18-15(17)19-10-14/h4-10H,11-12H2,1-3H3,(H2,17,18,19). The van der Waals surface area contributed by atoms with E-state index in [2.05, 4.69) is 9.97 Å². The maximum atomic E-state index is 12.9. The van der Waals surface area contributed by atoms with Gasteiger partial charge in [-0.1, -0.05) is 51.1 Å². The van der Waals surface area contributed by atoms with E-state index in [-0.39, 0.29) is 16.3 Å². The van der Waals surface area contributed by atoms with Gasteiger partial charge in [-0.3, -0.25) is 0 Å². The van der Waals surface area contributed by atoms with Crippen LogP contribution < -0.4 is 5.73 Å². The highest BCUT2D eigenvalue weighted by atomic mass is 32.2. The zero-order valence-corrected chi connectivity index (χ0v) is 14.4. The second-order valence-corrected chi connectivity index (χ2v) is 8.53. The van der Waals surface area contributed by atoms with Crippen LogP contribution in [0.25, 0.3) is 0 Å². The van der Waals surface area contributed by atoms with Crippen LogP contribution >= 0.6 is 0 Å². The van der Waals surface area contributed by atoms with E-state index in [1.165, 1.54) is 16.7 Å². The Kier molecular flexibility index (Phi) is 5.01. The van der Waals surface area contributed by atoms with E-state index in [0.29, 0.717) is 13.1 Å². The zero-order chi connectivity index (χ0) is 17.1. The zero-order valence-electron chi connectivity index (χ0n) is 13.6. The molecule has 1 aromatic heterocycles. The molecule has 0 bridgehead atoms. The Balaban J connectivity index is 2.37. The van der Waals surface area contributed by atoms with Crippen molar-refractivity contribution in [3.63, 3.8) is 0 Å². The van der Waals surface area contributed by atoms with Gasteiger partial charge >= 0.3 is 0 Å². The van der Waals surface area contributed by atoms with Gasteiger partial charge in [0.05, 0.1) is 12.4 Å². The molecule has 1 heterocycles. The Morgan fingerprint density at radius 1 is 1.09 bits per heavy atom. The summed E-state index contributed by atoms with van der Waals surface area (Å²) < 4.78 is 27.3. The molecule has 0 spiro atoms. The van der Waals surface area contributed by atoms with E-state index < -0.39 is 10.0 Å². The summed E-state index contributed by atoms with van der Waals surface area (Å²) in [6, 6.07) is 9.50. The highest BCUT2D eigenvalue weighted by Gasteiger charge is 2.29. The second-order valence-electron chi connectivity index (χ2n) is 6.60. The van der Waals surface area contributed by atoms with Crippen molar-refractivity contribution in [2.45, 2.75) is 32.2 Å². The van der Waals surface area contributed by atoms with E-state index in [0.717, 1.165) is 5.56 Å². The summed E-state index contributed by atoms with van der Waals surface area (Å²) in [5, 5.41) is 0. The number of anilines is 1. The predicted molar refractivity (Wildman–Crippen MR) is 89.9 cm³/mol. The number of hydrogen-bond donors (Lipinski definition) is 1. The van der Waals surface area contributed by atoms with E-state index in [1.54, 1.807) is 0 Å². The van der Waals surface area contributed by atoms with E-state index in [4.69, 9.17) is 5.73 Å². The molecule has 2 aromatic rings. The van der Waals surface area contributed by atoms with Gasteiger partial charge in [-0.2, -0.15) is 4.31 Å². The van der Waals surface area contributed by atoms with Crippen LogP contribution in [0.15, 0.2) is 47.6 Å². The maximum absolute atomic E-state index is 12.9. The van der Waals surface area contributed by atoms with Gasteiger partial charge in [-0.05, 0) is 11.0 Å². The first kappa shape index (κ1) is 17.4. The first-order valence-electron chi connectivity index (χ1n) is 7.30. The van der Waals surface area contributed by atoms with Gasteiger partial charge in [0.1, 0.15) is 4.90 Å². The average Bonchev–Trinajstić information content (AvgIpc) is 2.47. The normalized spacial score (nSPS) is 12.5. The molecule has 0 fully saturated rings.